The molecule has 0 aliphatic carbocycles. The topological polar surface area (TPSA) is 67.2 Å². The maximum Gasteiger partial charge on any atom is 0.223 e. The predicted molar refractivity (Wildman–Crippen MR) is 70.3 cm³/mol. The highest BCUT2D eigenvalue weighted by Gasteiger charge is 2.28. The number of aromatic nitrogens is 2. The monoisotopic (exact) mass is 264 g/mol. The number of hydrogen-bond donors (Lipinski definition) is 1. The average molecular weight is 264 g/mol. The summed E-state index contributed by atoms with van der Waals surface area (Å²) in [4.78, 5) is 25.2. The van der Waals surface area contributed by atoms with Crippen LogP contribution in [0.5, 0.6) is 0 Å². The molecule has 1 fully saturated rings. The van der Waals surface area contributed by atoms with Gasteiger partial charge in [0.25, 0.3) is 0 Å². The van der Waals surface area contributed by atoms with Gasteiger partial charge in [-0.15, -0.1) is 0 Å². The van der Waals surface area contributed by atoms with Crippen molar-refractivity contribution in [1.82, 2.24) is 20.0 Å². The second-order valence-corrected chi connectivity index (χ2v) is 5.07. The highest BCUT2D eigenvalue weighted by atomic mass is 16.2. The van der Waals surface area contributed by atoms with Crippen molar-refractivity contribution < 1.29 is 9.59 Å². The number of hydrogen-bond acceptors (Lipinski definition) is 3. The first kappa shape index (κ1) is 13.6. The van der Waals surface area contributed by atoms with Crippen molar-refractivity contribution >= 4 is 11.8 Å². The minimum atomic E-state index is -0.169. The van der Waals surface area contributed by atoms with Crippen LogP contribution < -0.4 is 5.32 Å². The summed E-state index contributed by atoms with van der Waals surface area (Å²) in [5, 5.41) is 6.98. The maximum absolute atomic E-state index is 11.9. The number of likely N-dealkylation sites (tertiary alicyclic amines) is 1. The number of piperidine rings is 1. The summed E-state index contributed by atoms with van der Waals surface area (Å²) in [5.41, 5.74) is 1.10. The molecule has 1 aliphatic rings. The molecule has 6 heteroatoms. The number of carbonyl (C=O) groups is 2. The lowest BCUT2D eigenvalue weighted by molar-refractivity contribution is -0.139. The van der Waals surface area contributed by atoms with E-state index in [1.807, 2.05) is 13.2 Å². The first-order valence-corrected chi connectivity index (χ1v) is 6.55. The van der Waals surface area contributed by atoms with Crippen LogP contribution in [0, 0.1) is 5.92 Å². The molecule has 2 heterocycles. The summed E-state index contributed by atoms with van der Waals surface area (Å²) in [6, 6.07) is 0. The lowest BCUT2D eigenvalue weighted by atomic mass is 9.95. The van der Waals surface area contributed by atoms with Gasteiger partial charge in [0.05, 0.1) is 6.20 Å². The number of rotatable bonds is 4. The second kappa shape index (κ2) is 5.86. The molecule has 0 bridgehead atoms. The van der Waals surface area contributed by atoms with Crippen LogP contribution in [0.15, 0.2) is 12.4 Å². The molecule has 0 radical (unpaired) electrons. The first-order chi connectivity index (χ1) is 9.06. The molecule has 2 rings (SSSR count). The first-order valence-electron chi connectivity index (χ1n) is 6.55. The summed E-state index contributed by atoms with van der Waals surface area (Å²) < 4.78 is 1.74. The fourth-order valence-electron chi connectivity index (χ4n) is 2.24. The lowest BCUT2D eigenvalue weighted by Crippen LogP contribution is -2.42. The van der Waals surface area contributed by atoms with Crippen molar-refractivity contribution in [3.8, 4) is 0 Å². The van der Waals surface area contributed by atoms with Crippen molar-refractivity contribution in [1.29, 1.82) is 0 Å². The van der Waals surface area contributed by atoms with Gasteiger partial charge in [-0.2, -0.15) is 5.10 Å². The van der Waals surface area contributed by atoms with Crippen LogP contribution in [-0.4, -0.2) is 46.6 Å². The van der Waals surface area contributed by atoms with Gasteiger partial charge < -0.3 is 10.2 Å². The van der Waals surface area contributed by atoms with Gasteiger partial charge >= 0.3 is 0 Å². The van der Waals surface area contributed by atoms with E-state index in [1.165, 1.54) is 0 Å². The Labute approximate surface area is 112 Å². The molecule has 0 aromatic carbocycles. The van der Waals surface area contributed by atoms with E-state index in [0.717, 1.165) is 18.4 Å². The Kier molecular flexibility index (Phi) is 4.19. The van der Waals surface area contributed by atoms with E-state index in [0.29, 0.717) is 19.5 Å². The number of nitrogens with one attached hydrogen (secondary N) is 1. The SMILES string of the molecule is CN1CC[C@H](C(=O)NCCc2cnn(C)c2)CC1=O. The molecule has 0 saturated carbocycles. The van der Waals surface area contributed by atoms with Crippen molar-refractivity contribution in [3.05, 3.63) is 18.0 Å². The Morgan fingerprint density at radius 2 is 2.32 bits per heavy atom. The van der Waals surface area contributed by atoms with Gasteiger partial charge in [-0.25, -0.2) is 0 Å². The quantitative estimate of drug-likeness (QED) is 0.829. The summed E-state index contributed by atoms with van der Waals surface area (Å²) in [6.45, 7) is 1.25. The molecule has 0 spiro atoms. The Morgan fingerprint density at radius 3 is 2.95 bits per heavy atom. The zero-order chi connectivity index (χ0) is 13.8. The lowest BCUT2D eigenvalue weighted by Gasteiger charge is -2.27. The molecule has 1 aliphatic heterocycles. The third-order valence-electron chi connectivity index (χ3n) is 3.50. The van der Waals surface area contributed by atoms with E-state index < -0.39 is 0 Å². The van der Waals surface area contributed by atoms with E-state index in [4.69, 9.17) is 0 Å². The van der Waals surface area contributed by atoms with Crippen LogP contribution in [0.25, 0.3) is 0 Å². The third-order valence-corrected chi connectivity index (χ3v) is 3.50. The molecular weight excluding hydrogens is 244 g/mol. The molecule has 1 saturated heterocycles. The highest BCUT2D eigenvalue weighted by molar-refractivity contribution is 5.86. The summed E-state index contributed by atoms with van der Waals surface area (Å²) in [5.74, 6) is -0.124. The van der Waals surface area contributed by atoms with Gasteiger partial charge in [-0.05, 0) is 18.4 Å². The van der Waals surface area contributed by atoms with Gasteiger partial charge in [0.1, 0.15) is 0 Å². The van der Waals surface area contributed by atoms with E-state index in [-0.39, 0.29) is 17.7 Å². The minimum absolute atomic E-state index is 0.00894. The molecule has 1 aromatic heterocycles. The van der Waals surface area contributed by atoms with Crippen LogP contribution in [-0.2, 0) is 23.1 Å². The zero-order valence-corrected chi connectivity index (χ0v) is 11.4. The van der Waals surface area contributed by atoms with E-state index in [2.05, 4.69) is 10.4 Å². The molecule has 6 nitrogen and oxygen atoms in total. The Hall–Kier alpha value is -1.85. The number of nitrogens with zero attached hydrogens (tertiary/aromatic N) is 3. The predicted octanol–water partition coefficient (Wildman–Crippen LogP) is -0.0528. The molecule has 2 amide bonds. The van der Waals surface area contributed by atoms with Crippen LogP contribution >= 0.6 is 0 Å². The summed E-state index contributed by atoms with van der Waals surface area (Å²) >= 11 is 0. The fourth-order valence-corrected chi connectivity index (χ4v) is 2.24. The van der Waals surface area contributed by atoms with Gasteiger partial charge in [-0.3, -0.25) is 14.3 Å². The highest BCUT2D eigenvalue weighted by Crippen LogP contribution is 2.17. The van der Waals surface area contributed by atoms with Gasteiger partial charge in [-0.1, -0.05) is 0 Å². The molecule has 104 valence electrons. The standard InChI is InChI=1S/C13H20N4O2/c1-16-6-4-11(7-12(16)18)13(19)14-5-3-10-8-15-17(2)9-10/h8-9,11H,3-7H2,1-2H3,(H,14,19)/t11-/m0/s1. The zero-order valence-electron chi connectivity index (χ0n) is 11.4. The number of aryl methyl sites for hydroxylation is 1. The largest absolute Gasteiger partial charge is 0.356 e. The Bertz CT molecular complexity index is 469. The fraction of sp³-hybridized carbons (Fsp3) is 0.615. The molecular formula is C13H20N4O2. The van der Waals surface area contributed by atoms with Crippen molar-refractivity contribution in [2.75, 3.05) is 20.1 Å². The van der Waals surface area contributed by atoms with Crippen LogP contribution in [0.4, 0.5) is 0 Å². The normalized spacial score (nSPS) is 19.6. The molecule has 19 heavy (non-hydrogen) atoms. The van der Waals surface area contributed by atoms with Crippen molar-refractivity contribution in [2.24, 2.45) is 13.0 Å². The average Bonchev–Trinajstić information content (AvgIpc) is 2.78. The third kappa shape index (κ3) is 3.56. The summed E-state index contributed by atoms with van der Waals surface area (Å²) in [7, 11) is 3.64. The van der Waals surface area contributed by atoms with Crippen LogP contribution in [0.2, 0.25) is 0 Å². The Morgan fingerprint density at radius 1 is 1.53 bits per heavy atom. The number of amides is 2. The van der Waals surface area contributed by atoms with E-state index in [1.54, 1.807) is 22.8 Å². The van der Waals surface area contributed by atoms with Crippen molar-refractivity contribution in [2.45, 2.75) is 19.3 Å². The molecule has 1 aromatic rings. The van der Waals surface area contributed by atoms with E-state index in [9.17, 15) is 9.59 Å². The van der Waals surface area contributed by atoms with Gasteiger partial charge in [0.15, 0.2) is 0 Å². The Balaban J connectivity index is 1.74. The minimum Gasteiger partial charge on any atom is -0.356 e. The van der Waals surface area contributed by atoms with Gasteiger partial charge in [0, 0.05) is 45.7 Å². The van der Waals surface area contributed by atoms with Gasteiger partial charge in [0.2, 0.25) is 11.8 Å². The second-order valence-electron chi connectivity index (χ2n) is 5.07. The molecule has 1 N–H and O–H groups in total. The summed E-state index contributed by atoms with van der Waals surface area (Å²) in [6.07, 6.45) is 5.58. The van der Waals surface area contributed by atoms with Crippen LogP contribution in [0.3, 0.4) is 0 Å². The van der Waals surface area contributed by atoms with Crippen LogP contribution in [0.1, 0.15) is 18.4 Å². The number of carbonyl (C=O) groups excluding carboxylic acids is 2. The smallest absolute Gasteiger partial charge is 0.223 e. The van der Waals surface area contributed by atoms with Crippen molar-refractivity contribution in [3.63, 3.8) is 0 Å². The maximum atomic E-state index is 11.9. The molecule has 0 unspecified atom stereocenters. The molecule has 1 atom stereocenters. The van der Waals surface area contributed by atoms with E-state index >= 15 is 0 Å².